The first kappa shape index (κ1) is 21.7. The van der Waals surface area contributed by atoms with Gasteiger partial charge in [-0.05, 0) is 43.2 Å². The first-order valence-corrected chi connectivity index (χ1v) is 9.38. The van der Waals surface area contributed by atoms with Gasteiger partial charge in [-0.15, -0.1) is 35.3 Å². The lowest BCUT2D eigenvalue weighted by Gasteiger charge is -2.32. The number of aliphatic imine (C=N–C) groups is 1. The zero-order valence-electron chi connectivity index (χ0n) is 14.8. The summed E-state index contributed by atoms with van der Waals surface area (Å²) in [6.07, 6.45) is 3.58. The zero-order valence-corrected chi connectivity index (χ0v) is 17.9. The van der Waals surface area contributed by atoms with Gasteiger partial charge in [0.2, 0.25) is 0 Å². The minimum atomic E-state index is 0. The summed E-state index contributed by atoms with van der Waals surface area (Å²) >= 11 is 1.86. The van der Waals surface area contributed by atoms with Crippen LogP contribution in [0.15, 0.2) is 22.5 Å². The van der Waals surface area contributed by atoms with E-state index in [1.54, 1.807) is 7.11 Å². The molecule has 1 unspecified atom stereocenters. The SMILES string of the molecule is CN=C(NCCCOC)NCC1CCCN(Cc2cccs2)C1.I. The normalized spacial score (nSPS) is 18.9. The summed E-state index contributed by atoms with van der Waals surface area (Å²) in [7, 11) is 3.56. The molecule has 2 N–H and O–H groups in total. The number of piperidine rings is 1. The highest BCUT2D eigenvalue weighted by atomic mass is 127. The summed E-state index contributed by atoms with van der Waals surface area (Å²) < 4.78 is 5.06. The van der Waals surface area contributed by atoms with Crippen LogP contribution in [-0.2, 0) is 11.3 Å². The van der Waals surface area contributed by atoms with Gasteiger partial charge in [-0.2, -0.15) is 0 Å². The Bertz CT molecular complexity index is 455. The lowest BCUT2D eigenvalue weighted by atomic mass is 9.98. The van der Waals surface area contributed by atoms with Crippen LogP contribution in [0.2, 0.25) is 0 Å². The predicted octanol–water partition coefficient (Wildman–Crippen LogP) is 2.78. The van der Waals surface area contributed by atoms with Crippen molar-refractivity contribution in [3.05, 3.63) is 22.4 Å². The average Bonchev–Trinajstić information content (AvgIpc) is 3.07. The fourth-order valence-corrected chi connectivity index (χ4v) is 3.72. The van der Waals surface area contributed by atoms with Gasteiger partial charge in [-0.25, -0.2) is 0 Å². The second kappa shape index (κ2) is 12.9. The van der Waals surface area contributed by atoms with Crippen molar-refractivity contribution >= 4 is 41.3 Å². The predicted molar refractivity (Wildman–Crippen MR) is 114 cm³/mol. The number of ether oxygens (including phenoxy) is 1. The maximum atomic E-state index is 5.06. The fourth-order valence-electron chi connectivity index (χ4n) is 2.97. The Hall–Kier alpha value is -0.380. The van der Waals surface area contributed by atoms with Gasteiger partial charge in [0, 0.05) is 51.8 Å². The van der Waals surface area contributed by atoms with Crippen LogP contribution in [0.3, 0.4) is 0 Å². The van der Waals surface area contributed by atoms with E-state index in [2.05, 4.69) is 38.0 Å². The molecule has 1 atom stereocenters. The largest absolute Gasteiger partial charge is 0.385 e. The van der Waals surface area contributed by atoms with E-state index in [1.165, 1.54) is 30.8 Å². The number of nitrogens with zero attached hydrogens (tertiary/aromatic N) is 2. The molecule has 138 valence electrons. The van der Waals surface area contributed by atoms with Crippen LogP contribution in [0.5, 0.6) is 0 Å². The monoisotopic (exact) mass is 466 g/mol. The van der Waals surface area contributed by atoms with Crippen LogP contribution in [0.25, 0.3) is 0 Å². The number of likely N-dealkylation sites (tertiary alicyclic amines) is 1. The summed E-state index contributed by atoms with van der Waals surface area (Å²) in [6, 6.07) is 4.38. The van der Waals surface area contributed by atoms with Crippen molar-refractivity contribution in [3.63, 3.8) is 0 Å². The number of hydrogen-bond donors (Lipinski definition) is 2. The molecule has 2 rings (SSSR count). The minimum Gasteiger partial charge on any atom is -0.385 e. The molecule has 0 radical (unpaired) electrons. The maximum Gasteiger partial charge on any atom is 0.190 e. The molecule has 2 heterocycles. The first-order valence-electron chi connectivity index (χ1n) is 8.50. The van der Waals surface area contributed by atoms with Crippen molar-refractivity contribution in [1.82, 2.24) is 15.5 Å². The van der Waals surface area contributed by atoms with Gasteiger partial charge in [0.05, 0.1) is 0 Å². The van der Waals surface area contributed by atoms with Crippen LogP contribution in [-0.4, -0.2) is 57.8 Å². The molecule has 1 saturated heterocycles. The molecule has 0 spiro atoms. The van der Waals surface area contributed by atoms with E-state index < -0.39 is 0 Å². The number of hydrogen-bond acceptors (Lipinski definition) is 4. The second-order valence-electron chi connectivity index (χ2n) is 6.05. The molecule has 0 aromatic carbocycles. The molecule has 1 aliphatic heterocycles. The molecule has 0 aliphatic carbocycles. The topological polar surface area (TPSA) is 48.9 Å². The highest BCUT2D eigenvalue weighted by Crippen LogP contribution is 2.19. The van der Waals surface area contributed by atoms with E-state index in [9.17, 15) is 0 Å². The van der Waals surface area contributed by atoms with E-state index >= 15 is 0 Å². The van der Waals surface area contributed by atoms with Crippen molar-refractivity contribution in [2.75, 3.05) is 46.9 Å². The number of methoxy groups -OCH3 is 1. The molecular weight excluding hydrogens is 435 g/mol. The Labute approximate surface area is 167 Å². The standard InChI is InChI=1S/C17H30N4OS.HI/c1-18-17(19-8-5-10-22-2)20-12-15-6-3-9-21(13-15)14-16-7-4-11-23-16;/h4,7,11,15H,3,5-6,8-10,12-14H2,1-2H3,(H2,18,19,20);1H. The molecule has 24 heavy (non-hydrogen) atoms. The number of thiophene rings is 1. The Morgan fingerprint density at radius 2 is 2.33 bits per heavy atom. The van der Waals surface area contributed by atoms with Crippen molar-refractivity contribution < 1.29 is 4.74 Å². The van der Waals surface area contributed by atoms with Crippen molar-refractivity contribution in [2.24, 2.45) is 10.9 Å². The third-order valence-corrected chi connectivity index (χ3v) is 5.02. The summed E-state index contributed by atoms with van der Waals surface area (Å²) in [5.74, 6) is 1.60. The molecule has 5 nitrogen and oxygen atoms in total. The van der Waals surface area contributed by atoms with Crippen LogP contribution >= 0.6 is 35.3 Å². The highest BCUT2D eigenvalue weighted by Gasteiger charge is 2.20. The van der Waals surface area contributed by atoms with Gasteiger partial charge in [-0.3, -0.25) is 9.89 Å². The second-order valence-corrected chi connectivity index (χ2v) is 7.08. The summed E-state index contributed by atoms with van der Waals surface area (Å²) in [5, 5.41) is 8.97. The third-order valence-electron chi connectivity index (χ3n) is 4.16. The Kier molecular flexibility index (Phi) is 11.7. The van der Waals surface area contributed by atoms with E-state index in [1.807, 2.05) is 18.4 Å². The molecule has 0 bridgehead atoms. The van der Waals surface area contributed by atoms with Gasteiger partial charge in [0.25, 0.3) is 0 Å². The number of halogens is 1. The van der Waals surface area contributed by atoms with E-state index in [-0.39, 0.29) is 24.0 Å². The van der Waals surface area contributed by atoms with Crippen LogP contribution in [0, 0.1) is 5.92 Å². The first-order chi connectivity index (χ1) is 11.3. The average molecular weight is 466 g/mol. The minimum absolute atomic E-state index is 0. The van der Waals surface area contributed by atoms with E-state index in [0.29, 0.717) is 5.92 Å². The van der Waals surface area contributed by atoms with Gasteiger partial charge < -0.3 is 15.4 Å². The molecule has 7 heteroatoms. The smallest absolute Gasteiger partial charge is 0.190 e. The fraction of sp³-hybridized carbons (Fsp3) is 0.706. The summed E-state index contributed by atoms with van der Waals surface area (Å²) in [4.78, 5) is 8.34. The lowest BCUT2D eigenvalue weighted by molar-refractivity contribution is 0.169. The Morgan fingerprint density at radius 3 is 3.04 bits per heavy atom. The van der Waals surface area contributed by atoms with Crippen LogP contribution in [0.4, 0.5) is 0 Å². The van der Waals surface area contributed by atoms with Crippen molar-refractivity contribution in [1.29, 1.82) is 0 Å². The molecule has 1 aromatic heterocycles. The molecule has 1 aromatic rings. The molecule has 1 aliphatic rings. The third kappa shape index (κ3) is 8.13. The number of nitrogens with one attached hydrogen (secondary N) is 2. The summed E-state index contributed by atoms with van der Waals surface area (Å²) in [6.45, 7) is 6.15. The number of rotatable bonds is 8. The van der Waals surface area contributed by atoms with Gasteiger partial charge >= 0.3 is 0 Å². The maximum absolute atomic E-state index is 5.06. The van der Waals surface area contributed by atoms with E-state index in [4.69, 9.17) is 4.74 Å². The van der Waals surface area contributed by atoms with Gasteiger partial charge in [-0.1, -0.05) is 6.07 Å². The van der Waals surface area contributed by atoms with Gasteiger partial charge in [0.15, 0.2) is 5.96 Å². The zero-order chi connectivity index (χ0) is 16.3. The van der Waals surface area contributed by atoms with E-state index in [0.717, 1.165) is 38.6 Å². The van der Waals surface area contributed by atoms with Crippen LogP contribution < -0.4 is 10.6 Å². The molecule has 1 fully saturated rings. The van der Waals surface area contributed by atoms with Crippen molar-refractivity contribution in [2.45, 2.75) is 25.8 Å². The summed E-state index contributed by atoms with van der Waals surface area (Å²) in [5.41, 5.74) is 0. The molecule has 0 saturated carbocycles. The Morgan fingerprint density at radius 1 is 1.46 bits per heavy atom. The van der Waals surface area contributed by atoms with Gasteiger partial charge in [0.1, 0.15) is 0 Å². The lowest BCUT2D eigenvalue weighted by Crippen LogP contribution is -2.44. The van der Waals surface area contributed by atoms with Crippen molar-refractivity contribution in [3.8, 4) is 0 Å². The van der Waals surface area contributed by atoms with Crippen LogP contribution in [0.1, 0.15) is 24.1 Å². The quantitative estimate of drug-likeness (QED) is 0.268. The molecule has 0 amide bonds. The molecular formula is C17H31IN4OS. The Balaban J connectivity index is 0.00000288. The highest BCUT2D eigenvalue weighted by molar-refractivity contribution is 14.0. The number of guanidine groups is 1.